The largest absolute Gasteiger partial charge is 0.393 e. The maximum Gasteiger partial charge on any atom is 0.234 e. The van der Waals surface area contributed by atoms with Crippen LogP contribution in [0.2, 0.25) is 0 Å². The van der Waals surface area contributed by atoms with Gasteiger partial charge < -0.3 is 15.8 Å². The zero-order valence-corrected chi connectivity index (χ0v) is 10.1. The van der Waals surface area contributed by atoms with Gasteiger partial charge in [-0.05, 0) is 7.05 Å². The van der Waals surface area contributed by atoms with Gasteiger partial charge in [-0.2, -0.15) is 0 Å². The van der Waals surface area contributed by atoms with Crippen molar-refractivity contribution in [2.45, 2.75) is 6.42 Å². The second-order valence-corrected chi connectivity index (χ2v) is 3.82. The molecule has 0 fully saturated rings. The first-order valence-electron chi connectivity index (χ1n) is 4.78. The molecule has 5 nitrogen and oxygen atoms in total. The molecule has 0 aromatic carbocycles. The summed E-state index contributed by atoms with van der Waals surface area (Å²) in [6, 6.07) is 0. The van der Waals surface area contributed by atoms with Gasteiger partial charge in [-0.15, -0.1) is 0 Å². The summed E-state index contributed by atoms with van der Waals surface area (Å²) in [5, 5.41) is 2.73. The fourth-order valence-electron chi connectivity index (χ4n) is 0.974. The second-order valence-electron chi connectivity index (χ2n) is 3.30. The number of carbonyl (C=O) groups is 1. The number of ether oxygens (including phenoxy) is 1. The van der Waals surface area contributed by atoms with E-state index in [0.717, 1.165) is 0 Å². The van der Waals surface area contributed by atoms with Crippen molar-refractivity contribution in [1.29, 1.82) is 0 Å². The van der Waals surface area contributed by atoms with E-state index in [-0.39, 0.29) is 5.91 Å². The van der Waals surface area contributed by atoms with Crippen LogP contribution in [0.5, 0.6) is 0 Å². The Morgan fingerprint density at radius 2 is 2.27 bits per heavy atom. The second kappa shape index (κ2) is 8.58. The minimum absolute atomic E-state index is 0.0162. The molecule has 0 spiro atoms. The van der Waals surface area contributed by atoms with E-state index in [1.165, 1.54) is 0 Å². The van der Waals surface area contributed by atoms with Crippen LogP contribution in [0, 0.1) is 0 Å². The Kier molecular flexibility index (Phi) is 8.17. The molecular formula is C9H19N3O2S. The van der Waals surface area contributed by atoms with Gasteiger partial charge in [-0.1, -0.05) is 12.2 Å². The number of likely N-dealkylation sites (N-methyl/N-ethyl adjacent to an activating group) is 1. The lowest BCUT2D eigenvalue weighted by atomic mass is 10.4. The van der Waals surface area contributed by atoms with Crippen molar-refractivity contribution in [3.05, 3.63) is 0 Å². The van der Waals surface area contributed by atoms with E-state index in [4.69, 9.17) is 22.7 Å². The molecule has 15 heavy (non-hydrogen) atoms. The minimum atomic E-state index is -0.0162. The molecule has 3 N–H and O–H groups in total. The van der Waals surface area contributed by atoms with Gasteiger partial charge in [-0.3, -0.25) is 9.69 Å². The van der Waals surface area contributed by atoms with E-state index >= 15 is 0 Å². The average molecular weight is 233 g/mol. The molecule has 0 bridgehead atoms. The summed E-state index contributed by atoms with van der Waals surface area (Å²) in [7, 11) is 3.45. The predicted molar refractivity (Wildman–Crippen MR) is 63.8 cm³/mol. The van der Waals surface area contributed by atoms with E-state index in [1.807, 2.05) is 11.9 Å². The van der Waals surface area contributed by atoms with E-state index in [0.29, 0.717) is 37.7 Å². The molecule has 0 aliphatic rings. The van der Waals surface area contributed by atoms with Gasteiger partial charge in [-0.25, -0.2) is 0 Å². The first-order chi connectivity index (χ1) is 7.06. The molecule has 0 radical (unpaired) electrons. The summed E-state index contributed by atoms with van der Waals surface area (Å²) in [6.45, 7) is 2.13. The van der Waals surface area contributed by atoms with E-state index < -0.39 is 0 Å². The van der Waals surface area contributed by atoms with Crippen molar-refractivity contribution in [3.8, 4) is 0 Å². The molecule has 0 rings (SSSR count). The van der Waals surface area contributed by atoms with Gasteiger partial charge in [0.15, 0.2) is 0 Å². The van der Waals surface area contributed by atoms with Crippen LogP contribution in [0.1, 0.15) is 6.42 Å². The first-order valence-corrected chi connectivity index (χ1v) is 5.19. The third kappa shape index (κ3) is 9.58. The first kappa shape index (κ1) is 14.3. The molecule has 0 atom stereocenters. The highest BCUT2D eigenvalue weighted by Crippen LogP contribution is 1.87. The third-order valence-corrected chi connectivity index (χ3v) is 1.99. The van der Waals surface area contributed by atoms with Gasteiger partial charge in [0.05, 0.1) is 18.1 Å². The molecule has 6 heteroatoms. The quantitative estimate of drug-likeness (QED) is 0.431. The van der Waals surface area contributed by atoms with Crippen molar-refractivity contribution in [2.24, 2.45) is 5.73 Å². The van der Waals surface area contributed by atoms with Crippen molar-refractivity contribution < 1.29 is 9.53 Å². The van der Waals surface area contributed by atoms with Crippen LogP contribution in [-0.4, -0.2) is 56.2 Å². The molecule has 0 heterocycles. The fourth-order valence-corrected chi connectivity index (χ4v) is 1.06. The molecule has 0 aromatic rings. The van der Waals surface area contributed by atoms with Crippen LogP contribution in [0.4, 0.5) is 0 Å². The number of rotatable bonds is 8. The Balaban J connectivity index is 3.53. The lowest BCUT2D eigenvalue weighted by Gasteiger charge is -2.15. The Hall–Kier alpha value is -0.720. The molecule has 0 saturated carbocycles. The number of nitrogens with zero attached hydrogens (tertiary/aromatic N) is 1. The Labute approximate surface area is 95.9 Å². The summed E-state index contributed by atoms with van der Waals surface area (Å²) in [5.41, 5.74) is 5.36. The predicted octanol–water partition coefficient (Wildman–Crippen LogP) is -0.643. The topological polar surface area (TPSA) is 67.6 Å². The van der Waals surface area contributed by atoms with Crippen LogP contribution >= 0.6 is 12.2 Å². The summed E-state index contributed by atoms with van der Waals surface area (Å²) in [4.78, 5) is 13.7. The van der Waals surface area contributed by atoms with Gasteiger partial charge in [0.25, 0.3) is 0 Å². The van der Waals surface area contributed by atoms with E-state index in [9.17, 15) is 4.79 Å². The smallest absolute Gasteiger partial charge is 0.234 e. The number of hydrogen-bond acceptors (Lipinski definition) is 4. The normalized spacial score (nSPS) is 10.3. The molecule has 0 aliphatic heterocycles. The van der Waals surface area contributed by atoms with Crippen LogP contribution < -0.4 is 11.1 Å². The van der Waals surface area contributed by atoms with Crippen molar-refractivity contribution in [3.63, 3.8) is 0 Å². The van der Waals surface area contributed by atoms with E-state index in [1.54, 1.807) is 7.11 Å². The van der Waals surface area contributed by atoms with Gasteiger partial charge in [0, 0.05) is 26.6 Å². The lowest BCUT2D eigenvalue weighted by molar-refractivity contribution is -0.122. The molecule has 0 aromatic heterocycles. The molecule has 0 unspecified atom stereocenters. The van der Waals surface area contributed by atoms with E-state index in [2.05, 4.69) is 5.32 Å². The average Bonchev–Trinajstić information content (AvgIpc) is 2.15. The number of amides is 1. The summed E-state index contributed by atoms with van der Waals surface area (Å²) >= 11 is 4.75. The number of carbonyl (C=O) groups excluding carboxylic acids is 1. The Bertz CT molecular complexity index is 212. The van der Waals surface area contributed by atoms with Crippen LogP contribution in [0.3, 0.4) is 0 Å². The summed E-state index contributed by atoms with van der Waals surface area (Å²) < 4.78 is 4.81. The zero-order chi connectivity index (χ0) is 11.7. The molecule has 88 valence electrons. The van der Waals surface area contributed by atoms with Crippen LogP contribution in [0.15, 0.2) is 0 Å². The molecule has 0 aliphatic carbocycles. The SMILES string of the molecule is COCCNC(=O)CN(C)CCC(N)=S. The number of hydrogen-bond donors (Lipinski definition) is 2. The maximum absolute atomic E-state index is 11.3. The lowest BCUT2D eigenvalue weighted by Crippen LogP contribution is -2.37. The van der Waals surface area contributed by atoms with Crippen LogP contribution in [-0.2, 0) is 9.53 Å². The zero-order valence-electron chi connectivity index (χ0n) is 9.28. The van der Waals surface area contributed by atoms with Gasteiger partial charge >= 0.3 is 0 Å². The monoisotopic (exact) mass is 233 g/mol. The highest BCUT2D eigenvalue weighted by molar-refractivity contribution is 7.80. The number of methoxy groups -OCH3 is 1. The highest BCUT2D eigenvalue weighted by Gasteiger charge is 2.05. The van der Waals surface area contributed by atoms with Gasteiger partial charge in [0.2, 0.25) is 5.91 Å². The summed E-state index contributed by atoms with van der Waals surface area (Å²) in [5.74, 6) is -0.0162. The molecule has 1 amide bonds. The highest BCUT2D eigenvalue weighted by atomic mass is 32.1. The maximum atomic E-state index is 11.3. The molecule has 0 saturated heterocycles. The minimum Gasteiger partial charge on any atom is -0.393 e. The van der Waals surface area contributed by atoms with Crippen molar-refractivity contribution >= 4 is 23.1 Å². The number of thiocarbonyl (C=S) groups is 1. The Morgan fingerprint density at radius 1 is 1.60 bits per heavy atom. The summed E-state index contributed by atoms with van der Waals surface area (Å²) in [6.07, 6.45) is 0.636. The standard InChI is InChI=1S/C9H19N3O2S/c1-12(5-3-8(10)15)7-9(13)11-4-6-14-2/h3-7H2,1-2H3,(H2,10,15)(H,11,13). The Morgan fingerprint density at radius 3 is 2.80 bits per heavy atom. The van der Waals surface area contributed by atoms with Gasteiger partial charge in [0.1, 0.15) is 0 Å². The number of nitrogens with one attached hydrogen (secondary N) is 1. The molecular weight excluding hydrogens is 214 g/mol. The van der Waals surface area contributed by atoms with Crippen molar-refractivity contribution in [2.75, 3.05) is 40.4 Å². The third-order valence-electron chi connectivity index (χ3n) is 1.78. The van der Waals surface area contributed by atoms with Crippen molar-refractivity contribution in [1.82, 2.24) is 10.2 Å². The van der Waals surface area contributed by atoms with Crippen LogP contribution in [0.25, 0.3) is 0 Å². The number of nitrogens with two attached hydrogens (primary N) is 1. The fraction of sp³-hybridized carbons (Fsp3) is 0.778.